The van der Waals surface area contributed by atoms with E-state index in [1.807, 2.05) is 33.8 Å². The molecule has 138 valence electrons. The minimum absolute atomic E-state index is 0.0490. The summed E-state index contributed by atoms with van der Waals surface area (Å²) in [5, 5.41) is 20.0. The van der Waals surface area contributed by atoms with Gasteiger partial charge in [-0.05, 0) is 80.3 Å². The van der Waals surface area contributed by atoms with Crippen LogP contribution in [0.4, 0.5) is 0 Å². The van der Waals surface area contributed by atoms with Crippen LogP contribution >= 0.6 is 0 Å². The predicted molar refractivity (Wildman–Crippen MR) is 104 cm³/mol. The molecule has 0 heterocycles. The minimum Gasteiger partial charge on any atom is -0.508 e. The molecule has 0 aliphatic heterocycles. The number of aromatic hydroxyl groups is 2. The number of aryl methyl sites for hydroxylation is 2. The third kappa shape index (κ3) is 4.45. The zero-order chi connectivity index (χ0) is 19.3. The Hall–Kier alpha value is -2.75. The van der Waals surface area contributed by atoms with Gasteiger partial charge in [0.2, 0.25) is 0 Å². The van der Waals surface area contributed by atoms with Crippen LogP contribution in [0.25, 0.3) is 6.08 Å². The Bertz CT molecular complexity index is 802. The van der Waals surface area contributed by atoms with E-state index in [9.17, 15) is 15.0 Å². The van der Waals surface area contributed by atoms with Gasteiger partial charge in [0.15, 0.2) is 5.78 Å². The molecule has 2 aromatic carbocycles. The van der Waals surface area contributed by atoms with Crippen molar-refractivity contribution in [3.63, 3.8) is 0 Å². The van der Waals surface area contributed by atoms with E-state index in [0.717, 1.165) is 17.5 Å². The molecule has 0 aromatic heterocycles. The lowest BCUT2D eigenvalue weighted by Gasteiger charge is -2.19. The van der Waals surface area contributed by atoms with E-state index < -0.39 is 0 Å². The number of carbonyl (C=O) groups is 1. The summed E-state index contributed by atoms with van der Waals surface area (Å²) in [6.07, 6.45) is 4.44. The zero-order valence-corrected chi connectivity index (χ0v) is 15.7. The second-order valence-corrected chi connectivity index (χ2v) is 6.40. The van der Waals surface area contributed by atoms with Gasteiger partial charge in [-0.3, -0.25) is 4.79 Å². The molecule has 0 fully saturated rings. The highest BCUT2D eigenvalue weighted by atomic mass is 16.5. The quantitative estimate of drug-likeness (QED) is 0.548. The molecule has 4 heteroatoms. The van der Waals surface area contributed by atoms with Crippen molar-refractivity contribution >= 4 is 11.9 Å². The number of ketones is 1. The summed E-state index contributed by atoms with van der Waals surface area (Å²) in [4.78, 5) is 12.4. The number of ether oxygens (including phenoxy) is 1. The first kappa shape index (κ1) is 19.6. The minimum atomic E-state index is -0.208. The van der Waals surface area contributed by atoms with Crippen LogP contribution in [0.15, 0.2) is 36.4 Å². The largest absolute Gasteiger partial charge is 0.508 e. The molecule has 26 heavy (non-hydrogen) atoms. The van der Waals surface area contributed by atoms with E-state index in [4.69, 9.17) is 4.74 Å². The van der Waals surface area contributed by atoms with E-state index in [2.05, 4.69) is 0 Å². The second kappa shape index (κ2) is 8.56. The third-order valence-electron chi connectivity index (χ3n) is 4.11. The van der Waals surface area contributed by atoms with E-state index in [1.54, 1.807) is 18.2 Å². The molecule has 0 spiro atoms. The Morgan fingerprint density at radius 1 is 1.08 bits per heavy atom. The maximum absolute atomic E-state index is 12.4. The lowest BCUT2D eigenvalue weighted by molar-refractivity contribution is 0.104. The van der Waals surface area contributed by atoms with Crippen LogP contribution in [0.1, 0.15) is 54.7 Å². The molecule has 0 unspecified atom stereocenters. The molecular formula is C22H26O4. The first-order valence-corrected chi connectivity index (χ1v) is 8.93. The molecule has 2 N–H and O–H groups in total. The lowest BCUT2D eigenvalue weighted by atomic mass is 9.98. The Morgan fingerprint density at radius 2 is 1.69 bits per heavy atom. The van der Waals surface area contributed by atoms with Gasteiger partial charge in [0.1, 0.15) is 17.2 Å². The summed E-state index contributed by atoms with van der Waals surface area (Å²) < 4.78 is 5.95. The lowest BCUT2D eigenvalue weighted by Crippen LogP contribution is -2.09. The summed E-state index contributed by atoms with van der Waals surface area (Å²) in [7, 11) is 0. The molecule has 0 saturated carbocycles. The summed E-state index contributed by atoms with van der Waals surface area (Å²) in [6, 6.07) is 8.03. The SMILES string of the molecule is CCc1cc(CC)c(OC(C)C)c(/C=C/C(=O)c2ccc(O)cc2)c1O. The normalized spacial score (nSPS) is 11.3. The van der Waals surface area contributed by atoms with Crippen molar-refractivity contribution < 1.29 is 19.7 Å². The van der Waals surface area contributed by atoms with Crippen LogP contribution < -0.4 is 4.74 Å². The van der Waals surface area contributed by atoms with Crippen LogP contribution in [-0.2, 0) is 12.8 Å². The second-order valence-electron chi connectivity index (χ2n) is 6.40. The summed E-state index contributed by atoms with van der Waals surface area (Å²) in [6.45, 7) is 7.87. The topological polar surface area (TPSA) is 66.8 Å². The number of allylic oxidation sites excluding steroid dienone is 1. The highest BCUT2D eigenvalue weighted by molar-refractivity contribution is 6.07. The molecule has 0 bridgehead atoms. The van der Waals surface area contributed by atoms with Gasteiger partial charge in [-0.15, -0.1) is 0 Å². The summed E-state index contributed by atoms with van der Waals surface area (Å²) in [5.74, 6) is 0.668. The van der Waals surface area contributed by atoms with Gasteiger partial charge in [0.05, 0.1) is 11.7 Å². The number of benzene rings is 2. The molecule has 0 amide bonds. The van der Waals surface area contributed by atoms with E-state index in [1.165, 1.54) is 18.2 Å². The number of rotatable bonds is 7. The average molecular weight is 354 g/mol. The fourth-order valence-electron chi connectivity index (χ4n) is 2.74. The first-order chi connectivity index (χ1) is 12.4. The van der Waals surface area contributed by atoms with Gasteiger partial charge >= 0.3 is 0 Å². The zero-order valence-electron chi connectivity index (χ0n) is 15.7. The monoisotopic (exact) mass is 354 g/mol. The standard InChI is InChI=1S/C22H26O4/c1-5-15-13-16(6-2)22(26-14(3)4)19(21(15)25)11-12-20(24)17-7-9-18(23)10-8-17/h7-14,23,25H,5-6H2,1-4H3/b12-11+. The maximum Gasteiger partial charge on any atom is 0.185 e. The van der Waals surface area contributed by atoms with Gasteiger partial charge in [-0.25, -0.2) is 0 Å². The predicted octanol–water partition coefficient (Wildman–Crippen LogP) is 4.91. The van der Waals surface area contributed by atoms with Crippen LogP contribution in [0.2, 0.25) is 0 Å². The number of phenolic OH excluding ortho intramolecular Hbond substituents is 2. The first-order valence-electron chi connectivity index (χ1n) is 8.93. The molecule has 0 saturated heterocycles. The summed E-state index contributed by atoms with van der Waals surface area (Å²) >= 11 is 0. The number of hydrogen-bond acceptors (Lipinski definition) is 4. The van der Waals surface area contributed by atoms with Crippen LogP contribution in [-0.4, -0.2) is 22.1 Å². The van der Waals surface area contributed by atoms with E-state index >= 15 is 0 Å². The van der Waals surface area contributed by atoms with Gasteiger partial charge < -0.3 is 14.9 Å². The highest BCUT2D eigenvalue weighted by Crippen LogP contribution is 2.37. The Labute approximate surface area is 154 Å². The Balaban J connectivity index is 2.48. The number of phenols is 2. The number of hydrogen-bond donors (Lipinski definition) is 2. The molecular weight excluding hydrogens is 328 g/mol. The molecule has 0 aliphatic rings. The van der Waals surface area contributed by atoms with Gasteiger partial charge in [-0.1, -0.05) is 13.8 Å². The van der Waals surface area contributed by atoms with Gasteiger partial charge in [0.25, 0.3) is 0 Å². The van der Waals surface area contributed by atoms with E-state index in [0.29, 0.717) is 23.3 Å². The highest BCUT2D eigenvalue weighted by Gasteiger charge is 2.17. The molecule has 4 nitrogen and oxygen atoms in total. The van der Waals surface area contributed by atoms with Crippen molar-refractivity contribution in [1.82, 2.24) is 0 Å². The Morgan fingerprint density at radius 3 is 2.23 bits per heavy atom. The van der Waals surface area contributed by atoms with Crippen molar-refractivity contribution in [2.75, 3.05) is 0 Å². The Kier molecular flexibility index (Phi) is 6.45. The third-order valence-corrected chi connectivity index (χ3v) is 4.11. The van der Waals surface area contributed by atoms with Crippen molar-refractivity contribution in [2.24, 2.45) is 0 Å². The van der Waals surface area contributed by atoms with Crippen molar-refractivity contribution in [2.45, 2.75) is 46.6 Å². The van der Waals surface area contributed by atoms with Gasteiger partial charge in [-0.2, -0.15) is 0 Å². The fraction of sp³-hybridized carbons (Fsp3) is 0.318. The summed E-state index contributed by atoms with van der Waals surface area (Å²) in [5.41, 5.74) is 2.83. The molecule has 0 aliphatic carbocycles. The van der Waals surface area contributed by atoms with Gasteiger partial charge in [0, 0.05) is 5.56 Å². The average Bonchev–Trinajstić information content (AvgIpc) is 2.61. The molecule has 0 radical (unpaired) electrons. The van der Waals surface area contributed by atoms with Crippen molar-refractivity contribution in [1.29, 1.82) is 0 Å². The molecule has 2 aromatic rings. The smallest absolute Gasteiger partial charge is 0.185 e. The van der Waals surface area contributed by atoms with Crippen LogP contribution in [0, 0.1) is 0 Å². The van der Waals surface area contributed by atoms with Crippen LogP contribution in [0.3, 0.4) is 0 Å². The maximum atomic E-state index is 12.4. The van der Waals surface area contributed by atoms with Crippen molar-refractivity contribution in [3.8, 4) is 17.2 Å². The van der Waals surface area contributed by atoms with Crippen molar-refractivity contribution in [3.05, 3.63) is 58.7 Å². The van der Waals surface area contributed by atoms with Crippen LogP contribution in [0.5, 0.6) is 17.2 Å². The number of carbonyl (C=O) groups excluding carboxylic acids is 1. The fourth-order valence-corrected chi connectivity index (χ4v) is 2.74. The van der Waals surface area contributed by atoms with E-state index in [-0.39, 0.29) is 23.4 Å². The molecule has 2 rings (SSSR count). The molecule has 0 atom stereocenters.